The van der Waals surface area contributed by atoms with E-state index in [9.17, 15) is 4.79 Å². The number of benzene rings is 1. The van der Waals surface area contributed by atoms with Crippen LogP contribution < -0.4 is 30.1 Å². The predicted molar refractivity (Wildman–Crippen MR) is 134 cm³/mol. The fourth-order valence-corrected chi connectivity index (χ4v) is 4.44. The van der Waals surface area contributed by atoms with E-state index in [2.05, 4.69) is 36.5 Å². The molecule has 0 radical (unpaired) electrons. The Morgan fingerprint density at radius 2 is 1.79 bits per heavy atom. The van der Waals surface area contributed by atoms with Gasteiger partial charge in [-0.3, -0.25) is 4.79 Å². The minimum atomic E-state index is -0.0844. The van der Waals surface area contributed by atoms with Crippen molar-refractivity contribution in [3.63, 3.8) is 0 Å². The van der Waals surface area contributed by atoms with E-state index in [-0.39, 0.29) is 5.91 Å². The number of ether oxygens (including phenoxy) is 3. The van der Waals surface area contributed by atoms with Gasteiger partial charge in [-0.2, -0.15) is 0 Å². The zero-order valence-corrected chi connectivity index (χ0v) is 20.7. The largest absolute Gasteiger partial charge is 0.493 e. The standard InChI is InChI=1S/C27H36N2O4/c1-8-20-18(4)29(12-10-9-11-17(2)3)16-22(20)25-21(15-28-27(25)30)19-13-23(31-5)26(33-7)24(14-19)32-6/h8,13-14,16-17H,4,9-12,15H2,1-3,5-7H3,(H,28,30). The number of amides is 1. The molecule has 1 amide bonds. The molecule has 2 heterocycles. The molecule has 0 aliphatic carbocycles. The number of hydrogen-bond donors (Lipinski definition) is 1. The van der Waals surface area contributed by atoms with Gasteiger partial charge in [-0.25, -0.2) is 0 Å². The summed E-state index contributed by atoms with van der Waals surface area (Å²) >= 11 is 0. The van der Waals surface area contributed by atoms with Gasteiger partial charge in [0, 0.05) is 35.4 Å². The van der Waals surface area contributed by atoms with Gasteiger partial charge in [0.05, 0.1) is 26.9 Å². The zero-order valence-electron chi connectivity index (χ0n) is 20.7. The lowest BCUT2D eigenvalue weighted by molar-refractivity contribution is -0.114. The molecule has 0 saturated heterocycles. The molecule has 178 valence electrons. The van der Waals surface area contributed by atoms with Crippen LogP contribution in [0, 0.1) is 5.92 Å². The maximum atomic E-state index is 13.0. The van der Waals surface area contributed by atoms with Crippen LogP contribution in [0.15, 0.2) is 18.3 Å². The van der Waals surface area contributed by atoms with E-state index < -0.39 is 0 Å². The van der Waals surface area contributed by atoms with Crippen molar-refractivity contribution in [3.05, 3.63) is 40.0 Å². The van der Waals surface area contributed by atoms with Gasteiger partial charge >= 0.3 is 0 Å². The van der Waals surface area contributed by atoms with Crippen molar-refractivity contribution in [1.82, 2.24) is 9.88 Å². The average Bonchev–Trinajstić information content (AvgIpc) is 3.34. The Morgan fingerprint density at radius 1 is 1.12 bits per heavy atom. The SMILES string of the molecule is C=c1c(=CC)c(C2=C(c3cc(OC)c(OC)c(OC)c3)CNC2=O)cn1CCCCC(C)C. The number of aromatic nitrogens is 1. The molecular formula is C27H36N2O4. The van der Waals surface area contributed by atoms with Crippen LogP contribution >= 0.6 is 0 Å². The normalized spacial score (nSPS) is 14.3. The van der Waals surface area contributed by atoms with Gasteiger partial charge in [0.1, 0.15) is 0 Å². The lowest BCUT2D eigenvalue weighted by Crippen LogP contribution is -2.29. The van der Waals surface area contributed by atoms with Crippen LogP contribution in [0.3, 0.4) is 0 Å². The molecule has 1 N–H and O–H groups in total. The highest BCUT2D eigenvalue weighted by molar-refractivity contribution is 6.30. The monoisotopic (exact) mass is 452 g/mol. The molecule has 2 aromatic rings. The topological polar surface area (TPSA) is 61.7 Å². The Bertz CT molecular complexity index is 1130. The maximum Gasteiger partial charge on any atom is 0.252 e. The van der Waals surface area contributed by atoms with E-state index in [1.165, 1.54) is 12.8 Å². The van der Waals surface area contributed by atoms with Gasteiger partial charge < -0.3 is 24.1 Å². The first-order valence-corrected chi connectivity index (χ1v) is 11.5. The molecular weight excluding hydrogens is 416 g/mol. The highest BCUT2D eigenvalue weighted by Gasteiger charge is 2.28. The van der Waals surface area contributed by atoms with Crippen molar-refractivity contribution in [1.29, 1.82) is 0 Å². The fraction of sp³-hybridized carbons (Fsp3) is 0.444. The second kappa shape index (κ2) is 10.6. The van der Waals surface area contributed by atoms with Crippen LogP contribution in [-0.4, -0.2) is 38.3 Å². The van der Waals surface area contributed by atoms with E-state index in [1.54, 1.807) is 21.3 Å². The minimum absolute atomic E-state index is 0.0844. The van der Waals surface area contributed by atoms with Crippen LogP contribution in [0.5, 0.6) is 17.2 Å². The molecule has 0 atom stereocenters. The number of carbonyl (C=O) groups excluding carboxylic acids is 1. The first-order valence-electron chi connectivity index (χ1n) is 11.5. The van der Waals surface area contributed by atoms with Gasteiger partial charge in [-0.05, 0) is 42.5 Å². The minimum Gasteiger partial charge on any atom is -0.493 e. The van der Waals surface area contributed by atoms with Gasteiger partial charge in [0.2, 0.25) is 5.75 Å². The van der Waals surface area contributed by atoms with Crippen molar-refractivity contribution >= 4 is 29.7 Å². The Kier molecular flexibility index (Phi) is 7.90. The molecule has 1 aliphatic heterocycles. The lowest BCUT2D eigenvalue weighted by Gasteiger charge is -2.15. The summed E-state index contributed by atoms with van der Waals surface area (Å²) in [7, 11) is 4.76. The summed E-state index contributed by atoms with van der Waals surface area (Å²) in [5, 5.41) is 4.93. The van der Waals surface area contributed by atoms with E-state index in [1.807, 2.05) is 25.1 Å². The molecule has 0 unspecified atom stereocenters. The first kappa shape index (κ1) is 24.5. The van der Waals surface area contributed by atoms with Crippen molar-refractivity contribution < 1.29 is 19.0 Å². The summed E-state index contributed by atoms with van der Waals surface area (Å²) in [6.45, 7) is 12.1. The summed E-state index contributed by atoms with van der Waals surface area (Å²) in [5.74, 6) is 2.26. The summed E-state index contributed by atoms with van der Waals surface area (Å²) in [5.41, 5.74) is 3.34. The second-order valence-electron chi connectivity index (χ2n) is 8.73. The molecule has 1 aromatic carbocycles. The van der Waals surface area contributed by atoms with E-state index in [4.69, 9.17) is 14.2 Å². The second-order valence-corrected chi connectivity index (χ2v) is 8.73. The number of nitrogens with zero attached hydrogens (tertiary/aromatic N) is 1. The van der Waals surface area contributed by atoms with Crippen LogP contribution in [0.1, 0.15) is 51.2 Å². The maximum absolute atomic E-state index is 13.0. The molecule has 0 saturated carbocycles. The molecule has 6 nitrogen and oxygen atoms in total. The van der Waals surface area contributed by atoms with Crippen LogP contribution in [-0.2, 0) is 11.3 Å². The molecule has 0 bridgehead atoms. The number of hydrogen-bond acceptors (Lipinski definition) is 4. The third-order valence-electron chi connectivity index (χ3n) is 6.19. The van der Waals surface area contributed by atoms with Gasteiger partial charge in [0.25, 0.3) is 5.91 Å². The van der Waals surface area contributed by atoms with Crippen LogP contribution in [0.25, 0.3) is 23.8 Å². The third kappa shape index (κ3) is 4.95. The van der Waals surface area contributed by atoms with Crippen LogP contribution in [0.2, 0.25) is 0 Å². The zero-order chi connectivity index (χ0) is 24.1. The van der Waals surface area contributed by atoms with E-state index >= 15 is 0 Å². The molecule has 3 rings (SSSR count). The molecule has 1 aromatic heterocycles. The summed E-state index contributed by atoms with van der Waals surface area (Å²) in [6.07, 6.45) is 7.59. The first-order chi connectivity index (χ1) is 15.9. The van der Waals surface area contributed by atoms with E-state index in [0.717, 1.165) is 40.2 Å². The Hall–Kier alpha value is -3.15. The van der Waals surface area contributed by atoms with Crippen molar-refractivity contribution in [2.24, 2.45) is 5.92 Å². The number of carbonyl (C=O) groups is 1. The number of methoxy groups -OCH3 is 3. The third-order valence-corrected chi connectivity index (χ3v) is 6.19. The highest BCUT2D eigenvalue weighted by atomic mass is 16.5. The average molecular weight is 453 g/mol. The summed E-state index contributed by atoms with van der Waals surface area (Å²) in [4.78, 5) is 13.0. The lowest BCUT2D eigenvalue weighted by atomic mass is 9.96. The molecule has 1 aliphatic rings. The van der Waals surface area contributed by atoms with Crippen molar-refractivity contribution in [2.45, 2.75) is 46.6 Å². The number of rotatable bonds is 10. The Labute approximate surface area is 196 Å². The number of unbranched alkanes of at least 4 members (excludes halogenated alkanes) is 1. The summed E-state index contributed by atoms with van der Waals surface area (Å²) < 4.78 is 18.7. The van der Waals surface area contributed by atoms with Gasteiger partial charge in [-0.1, -0.05) is 39.3 Å². The van der Waals surface area contributed by atoms with E-state index in [0.29, 0.717) is 35.3 Å². The molecule has 0 spiro atoms. The molecule has 6 heteroatoms. The van der Waals surface area contributed by atoms with Gasteiger partial charge in [0.15, 0.2) is 11.5 Å². The smallest absolute Gasteiger partial charge is 0.252 e. The number of aryl methyl sites for hydroxylation is 1. The predicted octanol–water partition coefficient (Wildman–Crippen LogP) is 3.59. The van der Waals surface area contributed by atoms with Gasteiger partial charge in [-0.15, -0.1) is 0 Å². The van der Waals surface area contributed by atoms with Crippen molar-refractivity contribution in [2.75, 3.05) is 27.9 Å². The fourth-order valence-electron chi connectivity index (χ4n) is 4.44. The van der Waals surface area contributed by atoms with Crippen molar-refractivity contribution in [3.8, 4) is 17.2 Å². The molecule has 33 heavy (non-hydrogen) atoms. The quantitative estimate of drug-likeness (QED) is 0.560. The summed E-state index contributed by atoms with van der Waals surface area (Å²) in [6, 6.07) is 3.78. The molecule has 0 fully saturated rings. The Balaban J connectivity index is 2.10. The number of nitrogens with one attached hydrogen (secondary N) is 1. The van der Waals surface area contributed by atoms with Crippen LogP contribution in [0.4, 0.5) is 0 Å². The Morgan fingerprint density at radius 3 is 2.33 bits per heavy atom. The highest BCUT2D eigenvalue weighted by Crippen LogP contribution is 2.41.